The fourth-order valence-corrected chi connectivity index (χ4v) is 11.7. The van der Waals surface area contributed by atoms with Crippen molar-refractivity contribution < 1.29 is 80.2 Å². The van der Waals surface area contributed by atoms with Gasteiger partial charge in [-0.1, -0.05) is 291 Å². The molecule has 3 unspecified atom stereocenters. The Bertz CT molecular complexity index is 1670. The van der Waals surface area contributed by atoms with Crippen LogP contribution in [0.3, 0.4) is 0 Å². The van der Waals surface area contributed by atoms with Gasteiger partial charge in [0.05, 0.1) is 26.4 Å². The van der Waals surface area contributed by atoms with E-state index in [4.69, 9.17) is 37.0 Å². The Kier molecular flexibility index (Phi) is 59.2. The highest BCUT2D eigenvalue weighted by atomic mass is 31.2. The zero-order chi connectivity index (χ0) is 63.5. The number of hydrogen-bond acceptors (Lipinski definition) is 15. The zero-order valence-corrected chi connectivity index (χ0v) is 57.2. The van der Waals surface area contributed by atoms with Crippen molar-refractivity contribution in [2.24, 2.45) is 5.92 Å². The molecule has 0 radical (unpaired) electrons. The number of carbonyl (C=O) groups is 4. The molecule has 0 aliphatic carbocycles. The molecular formula is C67H130O17P2. The molecule has 6 atom stereocenters. The van der Waals surface area contributed by atoms with E-state index in [2.05, 4.69) is 34.6 Å². The SMILES string of the molecule is CCCCCCCCCCCCC(=O)OC[C@H](COP(=O)(O)OC[C@@H](O)COP(=O)(O)OC[C@@H](COC(=O)CCCCCCCCCCC)OC(=O)CCCCCCCCCCC)OC(=O)CCCCCCCCCCCCCCCCC(C)CC. The summed E-state index contributed by atoms with van der Waals surface area (Å²) >= 11 is 0. The van der Waals surface area contributed by atoms with Crippen molar-refractivity contribution >= 4 is 39.5 Å². The van der Waals surface area contributed by atoms with Crippen LogP contribution in [-0.2, 0) is 65.4 Å². The van der Waals surface area contributed by atoms with Gasteiger partial charge in [-0.05, 0) is 31.6 Å². The van der Waals surface area contributed by atoms with Crippen LogP contribution in [0.15, 0.2) is 0 Å². The molecule has 0 saturated carbocycles. The van der Waals surface area contributed by atoms with E-state index in [1.165, 1.54) is 167 Å². The molecule has 0 spiro atoms. The molecular weight excluding hydrogens is 1140 g/mol. The molecule has 19 heteroatoms. The summed E-state index contributed by atoms with van der Waals surface area (Å²) in [5.41, 5.74) is 0. The van der Waals surface area contributed by atoms with Crippen molar-refractivity contribution in [2.45, 2.75) is 361 Å². The van der Waals surface area contributed by atoms with Gasteiger partial charge in [0, 0.05) is 25.7 Å². The van der Waals surface area contributed by atoms with Gasteiger partial charge in [0.15, 0.2) is 12.2 Å². The predicted molar refractivity (Wildman–Crippen MR) is 345 cm³/mol. The average molecular weight is 1270 g/mol. The van der Waals surface area contributed by atoms with Gasteiger partial charge in [-0.25, -0.2) is 9.13 Å². The van der Waals surface area contributed by atoms with E-state index in [9.17, 15) is 43.2 Å². The lowest BCUT2D eigenvalue weighted by Gasteiger charge is -2.21. The second kappa shape index (κ2) is 60.6. The van der Waals surface area contributed by atoms with Crippen molar-refractivity contribution in [1.82, 2.24) is 0 Å². The first kappa shape index (κ1) is 84.1. The lowest BCUT2D eigenvalue weighted by atomic mass is 9.99. The van der Waals surface area contributed by atoms with Crippen LogP contribution in [0.2, 0.25) is 0 Å². The zero-order valence-electron chi connectivity index (χ0n) is 55.4. The summed E-state index contributed by atoms with van der Waals surface area (Å²) in [6.45, 7) is 7.24. The van der Waals surface area contributed by atoms with Gasteiger partial charge in [0.25, 0.3) is 0 Å². The third kappa shape index (κ3) is 59.7. The van der Waals surface area contributed by atoms with E-state index < -0.39 is 97.5 Å². The van der Waals surface area contributed by atoms with Crippen LogP contribution in [0, 0.1) is 5.92 Å². The topological polar surface area (TPSA) is 237 Å². The predicted octanol–water partition coefficient (Wildman–Crippen LogP) is 19.0. The van der Waals surface area contributed by atoms with Gasteiger partial charge < -0.3 is 33.8 Å². The third-order valence-corrected chi connectivity index (χ3v) is 17.8. The molecule has 0 aromatic rings. The molecule has 510 valence electrons. The van der Waals surface area contributed by atoms with Crippen molar-refractivity contribution in [3.63, 3.8) is 0 Å². The lowest BCUT2D eigenvalue weighted by molar-refractivity contribution is -0.161. The molecule has 0 aliphatic rings. The van der Waals surface area contributed by atoms with E-state index >= 15 is 0 Å². The van der Waals surface area contributed by atoms with Gasteiger partial charge in [0.2, 0.25) is 0 Å². The maximum Gasteiger partial charge on any atom is 0.472 e. The normalized spacial score (nSPS) is 14.5. The molecule has 0 amide bonds. The van der Waals surface area contributed by atoms with Crippen LogP contribution in [-0.4, -0.2) is 96.7 Å². The summed E-state index contributed by atoms with van der Waals surface area (Å²) in [5.74, 6) is -1.28. The van der Waals surface area contributed by atoms with Crippen LogP contribution in [0.4, 0.5) is 0 Å². The van der Waals surface area contributed by atoms with Crippen LogP contribution < -0.4 is 0 Å². The number of ether oxygens (including phenoxy) is 4. The first-order chi connectivity index (χ1) is 41.6. The summed E-state index contributed by atoms with van der Waals surface area (Å²) in [6.07, 6.45) is 45.7. The molecule has 3 N–H and O–H groups in total. The number of aliphatic hydroxyl groups excluding tert-OH is 1. The smallest absolute Gasteiger partial charge is 0.462 e. The maximum atomic E-state index is 13.0. The summed E-state index contributed by atoms with van der Waals surface area (Å²) in [4.78, 5) is 72.2. The number of hydrogen-bond donors (Lipinski definition) is 3. The summed E-state index contributed by atoms with van der Waals surface area (Å²) in [7, 11) is -9.89. The van der Waals surface area contributed by atoms with Crippen molar-refractivity contribution in [3.05, 3.63) is 0 Å². The number of carbonyl (C=O) groups excluding carboxylic acids is 4. The Hall–Kier alpha value is -1.94. The highest BCUT2D eigenvalue weighted by molar-refractivity contribution is 7.47. The maximum absolute atomic E-state index is 13.0. The van der Waals surface area contributed by atoms with Gasteiger partial charge in [-0.2, -0.15) is 0 Å². The minimum Gasteiger partial charge on any atom is -0.462 e. The van der Waals surface area contributed by atoms with Gasteiger partial charge in [-0.3, -0.25) is 37.3 Å². The molecule has 0 fully saturated rings. The van der Waals surface area contributed by atoms with Gasteiger partial charge >= 0.3 is 39.5 Å². The number of rotatable bonds is 67. The molecule has 0 bridgehead atoms. The molecule has 0 heterocycles. The minimum atomic E-state index is -4.95. The van der Waals surface area contributed by atoms with Gasteiger partial charge in [0.1, 0.15) is 19.3 Å². The fourth-order valence-electron chi connectivity index (χ4n) is 10.1. The fraction of sp³-hybridized carbons (Fsp3) is 0.940. The number of esters is 4. The molecule has 86 heavy (non-hydrogen) atoms. The van der Waals surface area contributed by atoms with Gasteiger partial charge in [-0.15, -0.1) is 0 Å². The van der Waals surface area contributed by atoms with E-state index in [1.54, 1.807) is 0 Å². The van der Waals surface area contributed by atoms with Crippen molar-refractivity contribution in [1.29, 1.82) is 0 Å². The first-order valence-electron chi connectivity index (χ1n) is 35.2. The Balaban J connectivity index is 5.18. The first-order valence-corrected chi connectivity index (χ1v) is 38.2. The highest BCUT2D eigenvalue weighted by Crippen LogP contribution is 2.45. The Labute approximate surface area is 524 Å². The monoisotopic (exact) mass is 1270 g/mol. The van der Waals surface area contributed by atoms with Crippen LogP contribution in [0.1, 0.15) is 343 Å². The second-order valence-electron chi connectivity index (χ2n) is 24.5. The Morgan fingerprint density at radius 1 is 0.326 bits per heavy atom. The molecule has 0 aliphatic heterocycles. The Morgan fingerprint density at radius 2 is 0.558 bits per heavy atom. The summed E-state index contributed by atoms with van der Waals surface area (Å²) in [5, 5.41) is 10.5. The molecule has 0 aromatic heterocycles. The number of unbranched alkanes of at least 4 members (excludes halogenated alkanes) is 38. The minimum absolute atomic E-state index is 0.106. The quantitative estimate of drug-likeness (QED) is 0.0222. The average Bonchev–Trinajstić information content (AvgIpc) is 3.50. The van der Waals surface area contributed by atoms with E-state index in [0.29, 0.717) is 25.7 Å². The highest BCUT2D eigenvalue weighted by Gasteiger charge is 2.30. The van der Waals surface area contributed by atoms with Crippen LogP contribution in [0.5, 0.6) is 0 Å². The third-order valence-electron chi connectivity index (χ3n) is 15.9. The molecule has 0 saturated heterocycles. The van der Waals surface area contributed by atoms with Crippen molar-refractivity contribution in [3.8, 4) is 0 Å². The van der Waals surface area contributed by atoms with Crippen LogP contribution >= 0.6 is 15.6 Å². The summed E-state index contributed by atoms with van der Waals surface area (Å²) < 4.78 is 68.0. The molecule has 17 nitrogen and oxygen atoms in total. The van der Waals surface area contributed by atoms with Crippen molar-refractivity contribution in [2.75, 3.05) is 39.6 Å². The van der Waals surface area contributed by atoms with Crippen LogP contribution in [0.25, 0.3) is 0 Å². The van der Waals surface area contributed by atoms with E-state index in [1.807, 2.05) is 0 Å². The number of phosphoric acid groups is 2. The standard InChI is InChI=1S/C67H130O17P2/c1-6-10-13-16-19-22-32-36-41-46-51-65(70)78-57-63(84-67(72)53-48-43-38-33-28-26-24-23-25-27-31-34-39-44-49-60(5)9-4)59-82-86(75,76)80-55-61(68)54-79-85(73,74)81-58-62(83-66(71)52-47-42-37-30-21-18-15-12-8-3)56-77-64(69)50-45-40-35-29-20-17-14-11-7-2/h60-63,68H,6-59H2,1-5H3,(H,73,74)(H,75,76)/t60?,61-,62+,63+/m0/s1. The van der Waals surface area contributed by atoms with E-state index in [0.717, 1.165) is 95.8 Å². The molecule has 0 rings (SSSR count). The number of aliphatic hydroxyl groups is 1. The number of phosphoric ester groups is 2. The lowest BCUT2D eigenvalue weighted by Crippen LogP contribution is -2.30. The Morgan fingerprint density at radius 3 is 0.826 bits per heavy atom. The molecule has 0 aromatic carbocycles. The second-order valence-corrected chi connectivity index (χ2v) is 27.4. The summed E-state index contributed by atoms with van der Waals surface area (Å²) in [6, 6.07) is 0. The largest absolute Gasteiger partial charge is 0.472 e. The van der Waals surface area contributed by atoms with E-state index in [-0.39, 0.29) is 25.7 Å².